The number of urea groups is 1. The summed E-state index contributed by atoms with van der Waals surface area (Å²) in [6.45, 7) is 2.28. The van der Waals surface area contributed by atoms with Crippen molar-refractivity contribution in [2.24, 2.45) is 0 Å². The molecule has 12 heteroatoms. The third kappa shape index (κ3) is 5.42. The number of pyridine rings is 1. The molecule has 3 aromatic heterocycles. The standard InChI is InChI=1S/C30H36F2N8O2/c1-37(2)14-10-21-17-34-28-24(9-8-19(18-39(21)28)22-5-3-6-23(31)26(22)32)35-29(41)38-15-11-20(12-16-38)40-25-7-4-13-33-27(25)36-30(40)42/h3-7,13,17,19-20,24H,8-12,14-16,18H2,1-2H3,(H,35,41)(H,33,36,42)/t19-,24-/m1/s1. The molecule has 2 aliphatic heterocycles. The maximum atomic E-state index is 14.9. The molecule has 5 heterocycles. The molecule has 1 fully saturated rings. The molecular weight excluding hydrogens is 542 g/mol. The minimum Gasteiger partial charge on any atom is -0.330 e. The van der Waals surface area contributed by atoms with E-state index in [1.807, 2.05) is 32.4 Å². The SMILES string of the molecule is CN(C)CCc1cnc2n1C[C@H](c1cccc(F)c1F)CC[C@H]2NC(=O)N1CCC(n2c(=O)[nH]c3ncccc32)CC1. The highest BCUT2D eigenvalue weighted by atomic mass is 19.2. The smallest absolute Gasteiger partial charge is 0.327 e. The van der Waals surface area contributed by atoms with Gasteiger partial charge in [-0.25, -0.2) is 28.3 Å². The number of nitrogens with zero attached hydrogens (tertiary/aromatic N) is 6. The number of amides is 2. The van der Waals surface area contributed by atoms with Crippen molar-refractivity contribution in [1.82, 2.24) is 39.2 Å². The zero-order valence-electron chi connectivity index (χ0n) is 23.9. The number of likely N-dealkylation sites (N-methyl/N-ethyl adjacent to an activating group) is 1. The lowest BCUT2D eigenvalue weighted by Crippen LogP contribution is -2.46. The number of benzene rings is 1. The number of carbonyl (C=O) groups excluding carboxylic acids is 1. The highest BCUT2D eigenvalue weighted by Gasteiger charge is 2.32. The van der Waals surface area contributed by atoms with E-state index in [-0.39, 0.29) is 29.7 Å². The summed E-state index contributed by atoms with van der Waals surface area (Å²) in [6.07, 6.45) is 6.63. The summed E-state index contributed by atoms with van der Waals surface area (Å²) in [5.74, 6) is -1.18. The van der Waals surface area contributed by atoms with Gasteiger partial charge in [0, 0.05) is 62.6 Å². The lowest BCUT2D eigenvalue weighted by atomic mass is 9.92. The maximum Gasteiger partial charge on any atom is 0.327 e. The van der Waals surface area contributed by atoms with Crippen LogP contribution in [0.3, 0.4) is 0 Å². The van der Waals surface area contributed by atoms with Crippen LogP contribution in [0.4, 0.5) is 13.6 Å². The minimum atomic E-state index is -0.852. The van der Waals surface area contributed by atoms with Gasteiger partial charge in [0.15, 0.2) is 17.3 Å². The molecule has 0 radical (unpaired) electrons. The summed E-state index contributed by atoms with van der Waals surface area (Å²) in [5.41, 5.74) is 2.50. The fourth-order valence-electron chi connectivity index (χ4n) is 6.38. The molecule has 222 valence electrons. The first-order valence-corrected chi connectivity index (χ1v) is 14.5. The van der Waals surface area contributed by atoms with Gasteiger partial charge in [-0.05, 0) is 63.5 Å². The molecule has 4 aromatic rings. The molecule has 2 N–H and O–H groups in total. The average molecular weight is 579 g/mol. The first-order chi connectivity index (χ1) is 20.3. The zero-order chi connectivity index (χ0) is 29.4. The van der Waals surface area contributed by atoms with Gasteiger partial charge in [0.2, 0.25) is 0 Å². The van der Waals surface area contributed by atoms with E-state index >= 15 is 0 Å². The average Bonchev–Trinajstić information content (AvgIpc) is 3.48. The Hall–Kier alpha value is -4.06. The number of carbonyl (C=O) groups is 1. The van der Waals surface area contributed by atoms with Gasteiger partial charge in [0.05, 0.1) is 11.6 Å². The van der Waals surface area contributed by atoms with Crippen molar-refractivity contribution in [2.45, 2.75) is 56.7 Å². The molecule has 0 spiro atoms. The highest BCUT2D eigenvalue weighted by molar-refractivity contribution is 5.75. The second-order valence-electron chi connectivity index (χ2n) is 11.6. The number of fused-ring (bicyclic) bond motifs is 2. The van der Waals surface area contributed by atoms with Crippen LogP contribution in [-0.4, -0.2) is 73.6 Å². The quantitative estimate of drug-likeness (QED) is 0.361. The molecule has 0 saturated carbocycles. The lowest BCUT2D eigenvalue weighted by Gasteiger charge is -2.33. The van der Waals surface area contributed by atoms with Crippen LogP contribution in [0, 0.1) is 11.6 Å². The summed E-state index contributed by atoms with van der Waals surface area (Å²) in [5, 5.41) is 3.19. The van der Waals surface area contributed by atoms with Crippen LogP contribution in [0.5, 0.6) is 0 Å². The number of nitrogens with one attached hydrogen (secondary N) is 2. The van der Waals surface area contributed by atoms with Crippen LogP contribution < -0.4 is 11.0 Å². The molecule has 42 heavy (non-hydrogen) atoms. The van der Waals surface area contributed by atoms with E-state index in [0.29, 0.717) is 56.5 Å². The number of hydrogen-bond acceptors (Lipinski definition) is 5. The molecule has 6 rings (SSSR count). The Labute approximate surface area is 242 Å². The first kappa shape index (κ1) is 28.1. The Bertz CT molecular complexity index is 1640. The van der Waals surface area contributed by atoms with Gasteiger partial charge in [-0.1, -0.05) is 12.1 Å². The van der Waals surface area contributed by atoms with Crippen molar-refractivity contribution in [3.8, 4) is 0 Å². The summed E-state index contributed by atoms with van der Waals surface area (Å²) in [4.78, 5) is 41.8. The third-order valence-corrected chi connectivity index (χ3v) is 8.63. The molecule has 0 bridgehead atoms. The van der Waals surface area contributed by atoms with Crippen molar-refractivity contribution >= 4 is 17.2 Å². The monoisotopic (exact) mass is 578 g/mol. The normalized spacial score (nSPS) is 19.7. The largest absolute Gasteiger partial charge is 0.330 e. The lowest BCUT2D eigenvalue weighted by molar-refractivity contribution is 0.167. The molecular formula is C30H36F2N8O2. The Kier molecular flexibility index (Phi) is 7.80. The number of aromatic nitrogens is 5. The summed E-state index contributed by atoms with van der Waals surface area (Å²) in [6, 6.07) is 7.43. The number of hydrogen-bond donors (Lipinski definition) is 2. The number of aromatic amines is 1. The van der Waals surface area contributed by atoms with Crippen LogP contribution in [-0.2, 0) is 13.0 Å². The third-order valence-electron chi connectivity index (χ3n) is 8.63. The topological polar surface area (TPSA) is 104 Å². The number of rotatable bonds is 6. The van der Waals surface area contributed by atoms with Crippen molar-refractivity contribution in [3.63, 3.8) is 0 Å². The van der Waals surface area contributed by atoms with Crippen molar-refractivity contribution in [3.05, 3.63) is 81.9 Å². The maximum absolute atomic E-state index is 14.9. The van der Waals surface area contributed by atoms with Gasteiger partial charge in [0.25, 0.3) is 0 Å². The molecule has 2 atom stereocenters. The second-order valence-corrected chi connectivity index (χ2v) is 11.6. The summed E-state index contributed by atoms with van der Waals surface area (Å²) >= 11 is 0. The molecule has 1 saturated heterocycles. The second kappa shape index (κ2) is 11.7. The van der Waals surface area contributed by atoms with Gasteiger partial charge in [-0.3, -0.25) is 9.55 Å². The van der Waals surface area contributed by atoms with E-state index in [2.05, 4.69) is 24.8 Å². The molecule has 0 aliphatic carbocycles. The summed E-state index contributed by atoms with van der Waals surface area (Å²) in [7, 11) is 4.01. The predicted molar refractivity (Wildman–Crippen MR) is 154 cm³/mol. The van der Waals surface area contributed by atoms with E-state index in [1.165, 1.54) is 0 Å². The minimum absolute atomic E-state index is 0.0301. The Morgan fingerprint density at radius 3 is 2.69 bits per heavy atom. The number of piperidine rings is 1. The zero-order valence-corrected chi connectivity index (χ0v) is 23.9. The van der Waals surface area contributed by atoms with Crippen LogP contribution in [0.15, 0.2) is 47.5 Å². The van der Waals surface area contributed by atoms with E-state index in [4.69, 9.17) is 4.98 Å². The Morgan fingerprint density at radius 1 is 1.10 bits per heavy atom. The molecule has 2 amide bonds. The fourth-order valence-corrected chi connectivity index (χ4v) is 6.38. The first-order valence-electron chi connectivity index (χ1n) is 14.5. The van der Waals surface area contributed by atoms with E-state index in [0.717, 1.165) is 36.1 Å². The fraction of sp³-hybridized carbons (Fsp3) is 0.467. The Balaban J connectivity index is 1.19. The highest BCUT2D eigenvalue weighted by Crippen LogP contribution is 2.35. The van der Waals surface area contributed by atoms with Gasteiger partial charge >= 0.3 is 11.7 Å². The molecule has 10 nitrogen and oxygen atoms in total. The van der Waals surface area contributed by atoms with E-state index < -0.39 is 11.6 Å². The number of imidazole rings is 2. The van der Waals surface area contributed by atoms with Gasteiger partial charge in [0.1, 0.15) is 5.82 Å². The molecule has 0 unspecified atom stereocenters. The van der Waals surface area contributed by atoms with E-state index in [1.54, 1.807) is 27.8 Å². The van der Waals surface area contributed by atoms with Gasteiger partial charge in [-0.2, -0.15) is 0 Å². The van der Waals surface area contributed by atoms with Crippen LogP contribution in [0.2, 0.25) is 0 Å². The molecule has 2 aliphatic rings. The van der Waals surface area contributed by atoms with Crippen LogP contribution in [0.25, 0.3) is 11.2 Å². The van der Waals surface area contributed by atoms with Gasteiger partial charge in [-0.15, -0.1) is 0 Å². The number of likely N-dealkylation sites (tertiary alicyclic amines) is 1. The van der Waals surface area contributed by atoms with Crippen molar-refractivity contribution in [1.29, 1.82) is 0 Å². The number of halogens is 2. The van der Waals surface area contributed by atoms with Crippen LogP contribution >= 0.6 is 0 Å². The molecule has 1 aromatic carbocycles. The van der Waals surface area contributed by atoms with E-state index in [9.17, 15) is 18.4 Å². The van der Waals surface area contributed by atoms with Gasteiger partial charge < -0.3 is 19.7 Å². The van der Waals surface area contributed by atoms with Crippen molar-refractivity contribution < 1.29 is 13.6 Å². The number of H-pyrrole nitrogens is 1. The summed E-state index contributed by atoms with van der Waals surface area (Å²) < 4.78 is 32.8. The predicted octanol–water partition coefficient (Wildman–Crippen LogP) is 3.97. The van der Waals surface area contributed by atoms with Crippen molar-refractivity contribution in [2.75, 3.05) is 33.7 Å². The van der Waals surface area contributed by atoms with Crippen LogP contribution in [0.1, 0.15) is 60.8 Å². The Morgan fingerprint density at radius 2 is 1.90 bits per heavy atom.